The first-order valence-electron chi connectivity index (χ1n) is 14.9. The lowest BCUT2D eigenvalue weighted by Gasteiger charge is -2.33. The molecule has 0 spiro atoms. The van der Waals surface area contributed by atoms with Crippen molar-refractivity contribution >= 4 is 46.3 Å². The van der Waals surface area contributed by atoms with Gasteiger partial charge in [-0.1, -0.05) is 60.6 Å². The van der Waals surface area contributed by atoms with Gasteiger partial charge in [-0.3, -0.25) is 9.35 Å². The van der Waals surface area contributed by atoms with Gasteiger partial charge in [-0.15, -0.1) is 4.99 Å². The van der Waals surface area contributed by atoms with Crippen LogP contribution in [0.1, 0.15) is 49.7 Å². The molecule has 2 aromatic heterocycles. The fourth-order valence-corrected chi connectivity index (χ4v) is 8.95. The standard InChI is InChI=1S/C12H15N3O5S2.C7H10N2O2S.C6H6O3S.C5H10O/c1-21(17,18)15-7-10-8-22(20-14-19-16,9-12(10)13-15)11-5-3-2-4-6-11;1-12(10,11)9-5-6-3-2-4-7(6)8-9;7-10(8,9)6-4-2-1-3-5-6;1-4(2)5(3)6/h2-7,14,16H,8-9H2,1H3;5H,2-4H2,1H3;1-5H,(H,7,8,9);4H,1-3H3. The zero-order chi connectivity index (χ0) is 37.3. The number of Topliss-reactive ketones (excluding diaryl/α,β-unsaturated/α-hetero) is 1. The molecule has 1 atom stereocenters. The van der Waals surface area contributed by atoms with Gasteiger partial charge in [0.15, 0.2) is 0 Å². The molecule has 1 aliphatic carbocycles. The van der Waals surface area contributed by atoms with E-state index in [9.17, 15) is 30.0 Å². The number of aryl methyl sites for hydroxylation is 2. The zero-order valence-corrected chi connectivity index (χ0v) is 31.3. The topological polar surface area (TPSA) is 226 Å². The summed E-state index contributed by atoms with van der Waals surface area (Å²) < 4.78 is 82.0. The summed E-state index contributed by atoms with van der Waals surface area (Å²) in [5.41, 5.74) is 5.55. The van der Waals surface area contributed by atoms with Gasteiger partial charge in [-0.25, -0.2) is 26.4 Å². The van der Waals surface area contributed by atoms with Crippen molar-refractivity contribution < 1.29 is 49.1 Å². The van der Waals surface area contributed by atoms with Gasteiger partial charge >= 0.3 is 0 Å². The number of hydrogen-bond donors (Lipinski definition) is 3. The first-order valence-corrected chi connectivity index (χ1v) is 22.0. The van der Waals surface area contributed by atoms with Gasteiger partial charge in [0.05, 0.1) is 34.5 Å². The average molecular weight is 776 g/mol. The molecule has 4 aromatic rings. The molecule has 16 nitrogen and oxygen atoms in total. The second-order valence-electron chi connectivity index (χ2n) is 11.6. The second-order valence-corrected chi connectivity index (χ2v) is 19.5. The van der Waals surface area contributed by atoms with Crippen molar-refractivity contribution in [3.05, 3.63) is 95.6 Å². The highest BCUT2D eigenvalue weighted by Gasteiger charge is 2.39. The molecule has 2 aromatic carbocycles. The fourth-order valence-electron chi connectivity index (χ4n) is 4.43. The van der Waals surface area contributed by atoms with E-state index in [4.69, 9.17) is 14.1 Å². The SMILES string of the molecule is CC(=O)C(C)C.CS(=O)(=O)n1cc2c(n1)CCC2.CS(=O)(=O)n1cc2c(n1)CS(ONOO)(c1ccccc1)C2.O=S(=O)(O)c1ccccc1. The first kappa shape index (κ1) is 41.0. The van der Waals surface area contributed by atoms with Crippen molar-refractivity contribution in [3.63, 3.8) is 0 Å². The molecule has 1 aliphatic heterocycles. The Balaban J connectivity index is 0.000000203. The molecule has 0 radical (unpaired) electrons. The molecule has 0 bridgehead atoms. The minimum atomic E-state index is -4.00. The van der Waals surface area contributed by atoms with Crippen LogP contribution in [0, 0.1) is 5.92 Å². The number of carbonyl (C=O) groups excluding carboxylic acids is 1. The van der Waals surface area contributed by atoms with E-state index in [1.165, 1.54) is 18.3 Å². The van der Waals surface area contributed by atoms with Crippen LogP contribution in [-0.4, -0.2) is 71.7 Å². The summed E-state index contributed by atoms with van der Waals surface area (Å²) in [7, 11) is -12.4. The molecule has 50 heavy (non-hydrogen) atoms. The predicted molar refractivity (Wildman–Crippen MR) is 186 cm³/mol. The lowest BCUT2D eigenvalue weighted by molar-refractivity contribution is -0.345. The monoisotopic (exact) mass is 775 g/mol. The number of aromatic nitrogens is 4. The van der Waals surface area contributed by atoms with E-state index in [-0.39, 0.29) is 16.6 Å². The lowest BCUT2D eigenvalue weighted by Crippen LogP contribution is -2.19. The molecule has 0 saturated heterocycles. The van der Waals surface area contributed by atoms with Gasteiger partial charge in [0.1, 0.15) is 5.78 Å². The van der Waals surface area contributed by atoms with Crippen LogP contribution in [0.4, 0.5) is 0 Å². The molecule has 276 valence electrons. The van der Waals surface area contributed by atoms with Crippen LogP contribution in [0.25, 0.3) is 0 Å². The molecule has 20 heteroatoms. The molecule has 2 aliphatic rings. The number of nitrogens with zero attached hydrogens (tertiary/aromatic N) is 4. The molecule has 1 unspecified atom stereocenters. The number of fused-ring (bicyclic) bond motifs is 2. The molecular weight excluding hydrogens is 735 g/mol. The Morgan fingerprint density at radius 1 is 0.820 bits per heavy atom. The molecule has 3 N–H and O–H groups in total. The van der Waals surface area contributed by atoms with E-state index in [2.05, 4.69) is 15.2 Å². The lowest BCUT2D eigenvalue weighted by atomic mass is 10.1. The Morgan fingerprint density at radius 2 is 1.32 bits per heavy atom. The van der Waals surface area contributed by atoms with Gasteiger partial charge in [0, 0.05) is 34.5 Å². The molecule has 6 rings (SSSR count). The van der Waals surface area contributed by atoms with Gasteiger partial charge in [-0.05, 0) is 61.7 Å². The van der Waals surface area contributed by atoms with Gasteiger partial charge in [0.2, 0.25) is 0 Å². The zero-order valence-electron chi connectivity index (χ0n) is 28.0. The average Bonchev–Trinajstić information content (AvgIpc) is 3.82. The van der Waals surface area contributed by atoms with Crippen molar-refractivity contribution in [1.29, 1.82) is 0 Å². The van der Waals surface area contributed by atoms with Crippen LogP contribution < -0.4 is 5.64 Å². The summed E-state index contributed by atoms with van der Waals surface area (Å²) >= 11 is 0. The summed E-state index contributed by atoms with van der Waals surface area (Å²) in [6.45, 7) is 5.38. The Morgan fingerprint density at radius 3 is 1.74 bits per heavy atom. The minimum Gasteiger partial charge on any atom is -0.300 e. The Kier molecular flexibility index (Phi) is 14.1. The van der Waals surface area contributed by atoms with Crippen LogP contribution in [0.2, 0.25) is 0 Å². The fraction of sp³-hybridized carbons (Fsp3) is 0.367. The summed E-state index contributed by atoms with van der Waals surface area (Å²) in [4.78, 5) is 14.8. The Bertz CT molecular complexity index is 2020. The smallest absolute Gasteiger partial charge is 0.294 e. The number of carbonyl (C=O) groups is 1. The van der Waals surface area contributed by atoms with Crippen molar-refractivity contribution in [2.75, 3.05) is 12.5 Å². The van der Waals surface area contributed by atoms with E-state index in [1.54, 1.807) is 31.3 Å². The molecule has 0 amide bonds. The third kappa shape index (κ3) is 11.5. The number of hydrogen-bond acceptors (Lipinski definition) is 13. The third-order valence-corrected chi connectivity index (χ3v) is 12.9. The first-order chi connectivity index (χ1) is 23.3. The Labute approximate surface area is 293 Å². The van der Waals surface area contributed by atoms with Crippen LogP contribution in [0.15, 0.2) is 82.8 Å². The molecule has 0 saturated carbocycles. The number of rotatable bonds is 8. The third-order valence-electron chi connectivity index (χ3n) is 7.27. The largest absolute Gasteiger partial charge is 0.300 e. The van der Waals surface area contributed by atoms with E-state index in [0.717, 1.165) is 61.7 Å². The minimum absolute atomic E-state index is 0.0741. The highest BCUT2D eigenvalue weighted by Crippen LogP contribution is 2.65. The number of benzene rings is 2. The quantitative estimate of drug-likeness (QED) is 0.132. The normalized spacial score (nSPS) is 17.8. The Hall–Kier alpha value is -3.47. The van der Waals surface area contributed by atoms with E-state index >= 15 is 0 Å². The van der Waals surface area contributed by atoms with Crippen molar-refractivity contribution in [2.45, 2.75) is 61.3 Å². The summed E-state index contributed by atoms with van der Waals surface area (Å²) in [5.74, 6) is 1.39. The molecule has 3 heterocycles. The maximum atomic E-state index is 11.6. The maximum absolute atomic E-state index is 11.6. The maximum Gasteiger partial charge on any atom is 0.294 e. The number of nitrogens with one attached hydrogen (secondary N) is 1. The van der Waals surface area contributed by atoms with E-state index in [0.29, 0.717) is 17.2 Å². The summed E-state index contributed by atoms with van der Waals surface area (Å²) in [6, 6.07) is 16.9. The number of ketones is 1. The predicted octanol–water partition coefficient (Wildman–Crippen LogP) is 3.75. The van der Waals surface area contributed by atoms with Crippen LogP contribution in [-0.2, 0) is 68.6 Å². The second kappa shape index (κ2) is 17.2. The van der Waals surface area contributed by atoms with Gasteiger partial charge in [-0.2, -0.15) is 26.8 Å². The van der Waals surface area contributed by atoms with Crippen LogP contribution in [0.3, 0.4) is 0 Å². The highest BCUT2D eigenvalue weighted by molar-refractivity contribution is 8.28. The van der Waals surface area contributed by atoms with E-state index < -0.39 is 40.5 Å². The molecule has 0 fully saturated rings. The van der Waals surface area contributed by atoms with Crippen LogP contribution >= 0.6 is 10.3 Å². The summed E-state index contributed by atoms with van der Waals surface area (Å²) in [6.07, 6.45) is 8.37. The summed E-state index contributed by atoms with van der Waals surface area (Å²) in [5, 5.41) is 16.6. The van der Waals surface area contributed by atoms with Gasteiger partial charge < -0.3 is 0 Å². The van der Waals surface area contributed by atoms with Crippen molar-refractivity contribution in [1.82, 2.24) is 24.0 Å². The van der Waals surface area contributed by atoms with E-state index in [1.807, 2.05) is 49.8 Å². The van der Waals surface area contributed by atoms with Crippen molar-refractivity contribution in [2.24, 2.45) is 5.92 Å². The van der Waals surface area contributed by atoms with Crippen LogP contribution in [0.5, 0.6) is 0 Å². The van der Waals surface area contributed by atoms with Gasteiger partial charge in [0.25, 0.3) is 30.2 Å². The van der Waals surface area contributed by atoms with Crippen molar-refractivity contribution in [3.8, 4) is 0 Å². The molecular formula is C30H41N5O11S4. The highest BCUT2D eigenvalue weighted by atomic mass is 32.3.